The van der Waals surface area contributed by atoms with Crippen molar-refractivity contribution in [1.29, 1.82) is 0 Å². The second-order valence-corrected chi connectivity index (χ2v) is 6.63. The summed E-state index contributed by atoms with van der Waals surface area (Å²) in [7, 11) is 0. The highest BCUT2D eigenvalue weighted by molar-refractivity contribution is 5.95. The van der Waals surface area contributed by atoms with Gasteiger partial charge in [-0.25, -0.2) is 9.59 Å². The molecule has 0 aromatic heterocycles. The van der Waals surface area contributed by atoms with Crippen LogP contribution in [0.1, 0.15) is 32.6 Å². The normalized spacial score (nSPS) is 17.0. The van der Waals surface area contributed by atoms with Crippen LogP contribution in [-0.4, -0.2) is 55.1 Å². The van der Waals surface area contributed by atoms with Crippen LogP contribution >= 0.6 is 0 Å². The van der Waals surface area contributed by atoms with Crippen molar-refractivity contribution in [1.82, 2.24) is 20.9 Å². The SMILES string of the molecule is CCCNC(=O)NC(=O)CN1CCCCC1CNC(=O)Nc1ccccc1. The van der Waals surface area contributed by atoms with Gasteiger partial charge in [0.1, 0.15) is 0 Å². The van der Waals surface area contributed by atoms with Crippen LogP contribution in [0.5, 0.6) is 0 Å². The van der Waals surface area contributed by atoms with Gasteiger partial charge in [-0.3, -0.25) is 15.0 Å². The Hall–Kier alpha value is -2.61. The number of para-hydroxylation sites is 1. The molecule has 0 bridgehead atoms. The molecule has 1 aliphatic heterocycles. The fourth-order valence-electron chi connectivity index (χ4n) is 3.04. The summed E-state index contributed by atoms with van der Waals surface area (Å²) in [4.78, 5) is 37.8. The third-order valence-electron chi connectivity index (χ3n) is 4.41. The van der Waals surface area contributed by atoms with Crippen molar-refractivity contribution in [2.24, 2.45) is 0 Å². The van der Waals surface area contributed by atoms with Gasteiger partial charge in [0.2, 0.25) is 5.91 Å². The summed E-state index contributed by atoms with van der Waals surface area (Å²) >= 11 is 0. The van der Waals surface area contributed by atoms with Crippen molar-refractivity contribution in [2.75, 3.05) is 31.5 Å². The van der Waals surface area contributed by atoms with Crippen molar-refractivity contribution < 1.29 is 14.4 Å². The number of hydrogen-bond acceptors (Lipinski definition) is 4. The van der Waals surface area contributed by atoms with Crippen molar-refractivity contribution >= 4 is 23.7 Å². The van der Waals surface area contributed by atoms with Crippen LogP contribution in [-0.2, 0) is 4.79 Å². The van der Waals surface area contributed by atoms with Crippen LogP contribution in [0, 0.1) is 0 Å². The number of carbonyl (C=O) groups excluding carboxylic acids is 3. The number of amides is 5. The maximum Gasteiger partial charge on any atom is 0.321 e. The highest BCUT2D eigenvalue weighted by Crippen LogP contribution is 2.16. The first-order chi connectivity index (χ1) is 13.1. The first-order valence-corrected chi connectivity index (χ1v) is 9.50. The Bertz CT molecular complexity index is 623. The predicted octanol–water partition coefficient (Wildman–Crippen LogP) is 1.90. The molecule has 0 saturated carbocycles. The van der Waals surface area contributed by atoms with Gasteiger partial charge in [-0.15, -0.1) is 0 Å². The van der Waals surface area contributed by atoms with E-state index >= 15 is 0 Å². The van der Waals surface area contributed by atoms with Crippen molar-refractivity contribution in [3.8, 4) is 0 Å². The third-order valence-corrected chi connectivity index (χ3v) is 4.41. The Morgan fingerprint density at radius 3 is 2.59 bits per heavy atom. The summed E-state index contributed by atoms with van der Waals surface area (Å²) in [6.07, 6.45) is 3.78. The number of likely N-dealkylation sites (tertiary alicyclic amines) is 1. The van der Waals surface area contributed by atoms with Crippen LogP contribution < -0.4 is 21.3 Å². The van der Waals surface area contributed by atoms with Gasteiger partial charge in [-0.1, -0.05) is 31.5 Å². The Labute approximate surface area is 160 Å². The number of hydrogen-bond donors (Lipinski definition) is 4. The van der Waals surface area contributed by atoms with Crippen LogP contribution in [0.25, 0.3) is 0 Å². The van der Waals surface area contributed by atoms with Gasteiger partial charge in [0, 0.05) is 24.8 Å². The molecule has 1 aromatic carbocycles. The zero-order valence-corrected chi connectivity index (χ0v) is 15.8. The van der Waals surface area contributed by atoms with E-state index in [9.17, 15) is 14.4 Å². The van der Waals surface area contributed by atoms with Gasteiger partial charge in [0.25, 0.3) is 0 Å². The summed E-state index contributed by atoms with van der Waals surface area (Å²) in [5.74, 6) is -0.329. The molecule has 1 atom stereocenters. The maximum atomic E-state index is 12.1. The molecule has 4 N–H and O–H groups in total. The molecule has 1 fully saturated rings. The lowest BCUT2D eigenvalue weighted by Crippen LogP contribution is -2.52. The summed E-state index contributed by atoms with van der Waals surface area (Å²) < 4.78 is 0. The van der Waals surface area contributed by atoms with Gasteiger partial charge in [0.05, 0.1) is 6.54 Å². The van der Waals surface area contributed by atoms with Crippen molar-refractivity contribution in [3.05, 3.63) is 30.3 Å². The molecule has 1 saturated heterocycles. The zero-order valence-electron chi connectivity index (χ0n) is 15.8. The van der Waals surface area contributed by atoms with Crippen LogP contribution in [0.15, 0.2) is 30.3 Å². The molecule has 2 rings (SSSR count). The average molecular weight is 375 g/mol. The second-order valence-electron chi connectivity index (χ2n) is 6.63. The van der Waals surface area contributed by atoms with Gasteiger partial charge >= 0.3 is 12.1 Å². The van der Waals surface area contributed by atoms with E-state index in [1.54, 1.807) is 0 Å². The smallest absolute Gasteiger partial charge is 0.321 e. The standard InChI is InChI=1S/C19H29N5O3/c1-2-11-20-18(26)23-17(25)14-24-12-7-6-10-16(24)13-21-19(27)22-15-8-4-3-5-9-15/h3-5,8-9,16H,2,6-7,10-14H2,1H3,(H2,21,22,27)(H2,20,23,25,26). The minimum atomic E-state index is -0.462. The van der Waals surface area contributed by atoms with Gasteiger partial charge in [-0.05, 0) is 37.9 Å². The monoisotopic (exact) mass is 375 g/mol. The quantitative estimate of drug-likeness (QED) is 0.584. The fourth-order valence-corrected chi connectivity index (χ4v) is 3.04. The number of imide groups is 1. The van der Waals surface area contributed by atoms with Crippen molar-refractivity contribution in [2.45, 2.75) is 38.6 Å². The number of piperidine rings is 1. The van der Waals surface area contributed by atoms with Gasteiger partial charge < -0.3 is 16.0 Å². The fraction of sp³-hybridized carbons (Fsp3) is 0.526. The first-order valence-electron chi connectivity index (χ1n) is 9.50. The number of anilines is 1. The van der Waals surface area contributed by atoms with E-state index in [0.29, 0.717) is 13.1 Å². The van der Waals surface area contributed by atoms with Crippen molar-refractivity contribution in [3.63, 3.8) is 0 Å². The Kier molecular flexibility index (Phi) is 8.57. The van der Waals surface area contributed by atoms with E-state index in [-0.39, 0.29) is 24.5 Å². The number of nitrogens with one attached hydrogen (secondary N) is 4. The average Bonchev–Trinajstić information content (AvgIpc) is 2.66. The first kappa shape index (κ1) is 20.7. The zero-order chi connectivity index (χ0) is 19.5. The molecule has 0 radical (unpaired) electrons. The third kappa shape index (κ3) is 7.65. The summed E-state index contributed by atoms with van der Waals surface area (Å²) in [6, 6.07) is 8.58. The molecule has 27 heavy (non-hydrogen) atoms. The largest absolute Gasteiger partial charge is 0.338 e. The van der Waals surface area contributed by atoms with E-state index in [1.807, 2.05) is 42.2 Å². The number of rotatable bonds is 7. The number of nitrogens with zero attached hydrogens (tertiary/aromatic N) is 1. The Morgan fingerprint density at radius 1 is 1.07 bits per heavy atom. The lowest BCUT2D eigenvalue weighted by atomic mass is 10.0. The van der Waals surface area contributed by atoms with Gasteiger partial charge in [0.15, 0.2) is 0 Å². The minimum Gasteiger partial charge on any atom is -0.338 e. The molecule has 1 heterocycles. The molecule has 1 aliphatic rings. The molecule has 1 unspecified atom stereocenters. The molecule has 5 amide bonds. The van der Waals surface area contributed by atoms with E-state index in [1.165, 1.54) is 0 Å². The molecule has 8 heteroatoms. The maximum absolute atomic E-state index is 12.1. The van der Waals surface area contributed by atoms with E-state index in [0.717, 1.165) is 37.9 Å². The molecular formula is C19H29N5O3. The number of benzene rings is 1. The predicted molar refractivity (Wildman–Crippen MR) is 105 cm³/mol. The lowest BCUT2D eigenvalue weighted by Gasteiger charge is -2.35. The second kappa shape index (κ2) is 11.2. The summed E-state index contributed by atoms with van der Waals surface area (Å²) in [5.41, 5.74) is 0.730. The Morgan fingerprint density at radius 2 is 1.85 bits per heavy atom. The summed E-state index contributed by atoms with van der Waals surface area (Å²) in [6.45, 7) is 3.85. The highest BCUT2D eigenvalue weighted by atomic mass is 16.2. The highest BCUT2D eigenvalue weighted by Gasteiger charge is 2.25. The molecular weight excluding hydrogens is 346 g/mol. The lowest BCUT2D eigenvalue weighted by molar-refractivity contribution is -0.122. The number of carbonyl (C=O) groups is 3. The van der Waals surface area contributed by atoms with Crippen LogP contribution in [0.2, 0.25) is 0 Å². The molecule has 0 aliphatic carbocycles. The summed E-state index contributed by atoms with van der Waals surface area (Å²) in [5, 5.41) is 10.6. The van der Waals surface area contributed by atoms with E-state index in [2.05, 4.69) is 21.3 Å². The number of urea groups is 2. The molecule has 148 valence electrons. The Balaban J connectivity index is 1.77. The van der Waals surface area contributed by atoms with Crippen LogP contribution in [0.4, 0.5) is 15.3 Å². The topological polar surface area (TPSA) is 103 Å². The molecule has 0 spiro atoms. The van der Waals surface area contributed by atoms with E-state index in [4.69, 9.17) is 0 Å². The van der Waals surface area contributed by atoms with Crippen LogP contribution in [0.3, 0.4) is 0 Å². The molecule has 8 nitrogen and oxygen atoms in total. The molecule has 1 aromatic rings. The van der Waals surface area contributed by atoms with E-state index < -0.39 is 6.03 Å². The van der Waals surface area contributed by atoms with Gasteiger partial charge in [-0.2, -0.15) is 0 Å². The minimum absolute atomic E-state index is 0.0738.